The van der Waals surface area contributed by atoms with E-state index in [2.05, 4.69) is 47.0 Å². The number of rotatable bonds is 9. The fraction of sp³-hybridized carbons (Fsp3) is 0.353. The van der Waals surface area contributed by atoms with Crippen molar-refractivity contribution in [1.82, 2.24) is 20.4 Å². The van der Waals surface area contributed by atoms with E-state index in [0.717, 1.165) is 45.3 Å². The smallest absolute Gasteiger partial charge is 0.259 e. The molecule has 1 aromatic carbocycles. The van der Waals surface area contributed by atoms with E-state index in [1.807, 2.05) is 13.1 Å². The van der Waals surface area contributed by atoms with E-state index in [1.165, 1.54) is 11.3 Å². The topological polar surface area (TPSA) is 113 Å². The minimum atomic E-state index is -1.26. The van der Waals surface area contributed by atoms with E-state index >= 15 is 0 Å². The van der Waals surface area contributed by atoms with Crippen LogP contribution in [0.25, 0.3) is 0 Å². The molecule has 0 aliphatic carbocycles. The number of hydrogen-bond donors (Lipinski definition) is 3. The number of halogens is 1. The highest BCUT2D eigenvalue weighted by atomic mass is 79.9. The number of aliphatic hydroxyl groups is 1. The molecule has 0 bridgehead atoms. The molecule has 1 amide bonds. The second kappa shape index (κ2) is 10.0. The molecule has 0 aliphatic rings. The maximum Gasteiger partial charge on any atom is 0.259 e. The molecule has 2 heterocycles. The van der Waals surface area contributed by atoms with E-state index in [4.69, 9.17) is 0 Å². The first-order valence-electron chi connectivity index (χ1n) is 8.62. The summed E-state index contributed by atoms with van der Waals surface area (Å²) in [5, 5.41) is 35.1. The van der Waals surface area contributed by atoms with Gasteiger partial charge in [0.1, 0.15) is 10.0 Å². The van der Waals surface area contributed by atoms with Gasteiger partial charge >= 0.3 is 0 Å². The molecule has 0 saturated carbocycles. The van der Waals surface area contributed by atoms with Crippen molar-refractivity contribution in [3.8, 4) is 0 Å². The van der Waals surface area contributed by atoms with Gasteiger partial charge in [-0.05, 0) is 30.5 Å². The number of unbranched alkanes of at least 4 members (excludes halogenated alkanes) is 1. The normalized spacial score (nSPS) is 12.0. The third-order valence-corrected chi connectivity index (χ3v) is 6.21. The molecule has 28 heavy (non-hydrogen) atoms. The zero-order valence-corrected chi connectivity index (χ0v) is 18.3. The highest BCUT2D eigenvalue weighted by Crippen LogP contribution is 2.22. The minimum Gasteiger partial charge on any atom is -0.378 e. The number of benzene rings is 1. The molecule has 0 radical (unpaired) electrons. The van der Waals surface area contributed by atoms with E-state index in [0.29, 0.717) is 10.7 Å². The first-order valence-corrected chi connectivity index (χ1v) is 11.0. The van der Waals surface area contributed by atoms with Crippen LogP contribution in [-0.4, -0.2) is 38.5 Å². The minimum absolute atomic E-state index is 0.386. The maximum absolute atomic E-state index is 12.2. The van der Waals surface area contributed by atoms with Gasteiger partial charge in [-0.25, -0.2) is 0 Å². The average molecular weight is 483 g/mol. The van der Waals surface area contributed by atoms with Crippen molar-refractivity contribution in [3.05, 3.63) is 44.3 Å². The molecule has 3 N–H and O–H groups in total. The lowest BCUT2D eigenvalue weighted by molar-refractivity contribution is -0.124. The van der Waals surface area contributed by atoms with Crippen molar-refractivity contribution >= 4 is 54.8 Å². The Kier molecular flexibility index (Phi) is 7.43. The van der Waals surface area contributed by atoms with E-state index in [-0.39, 0.29) is 0 Å². The first kappa shape index (κ1) is 20.8. The van der Waals surface area contributed by atoms with Crippen molar-refractivity contribution < 1.29 is 9.90 Å². The van der Waals surface area contributed by atoms with E-state index < -0.39 is 12.0 Å². The number of aryl methyl sites for hydroxylation is 2. The van der Waals surface area contributed by atoms with E-state index in [1.54, 1.807) is 29.5 Å². The monoisotopic (exact) mass is 482 g/mol. The third kappa shape index (κ3) is 5.77. The summed E-state index contributed by atoms with van der Waals surface area (Å²) in [5.41, 5.74) is 0.509. The molecule has 11 heteroatoms. The van der Waals surface area contributed by atoms with Crippen LogP contribution in [0, 0.1) is 0 Å². The van der Waals surface area contributed by atoms with Crippen LogP contribution in [0.5, 0.6) is 0 Å². The molecule has 0 spiro atoms. The lowest BCUT2D eigenvalue weighted by atomic mass is 10.1. The van der Waals surface area contributed by atoms with Crippen LogP contribution in [0.2, 0.25) is 0 Å². The van der Waals surface area contributed by atoms with Crippen LogP contribution in [-0.2, 0) is 17.6 Å². The summed E-state index contributed by atoms with van der Waals surface area (Å²) in [4.78, 5) is 12.2. The summed E-state index contributed by atoms with van der Waals surface area (Å²) in [5.74, 6) is -0.530. The van der Waals surface area contributed by atoms with Gasteiger partial charge in [0.2, 0.25) is 10.3 Å². The number of nitrogens with one attached hydrogen (secondary N) is 2. The van der Waals surface area contributed by atoms with Crippen LogP contribution in [0.4, 0.5) is 10.3 Å². The molecular formula is C17H19BrN6O2S2. The molecule has 1 unspecified atom stereocenters. The third-order valence-electron chi connectivity index (χ3n) is 3.82. The Hall–Kier alpha value is -1.95. The first-order chi connectivity index (χ1) is 13.5. The lowest BCUT2D eigenvalue weighted by Crippen LogP contribution is -2.20. The summed E-state index contributed by atoms with van der Waals surface area (Å²) in [7, 11) is 1.83. The number of carbonyl (C=O) groups is 1. The highest BCUT2D eigenvalue weighted by Gasteiger charge is 2.19. The summed E-state index contributed by atoms with van der Waals surface area (Å²) in [6.45, 7) is 0. The molecule has 3 rings (SSSR count). The summed E-state index contributed by atoms with van der Waals surface area (Å²) >= 11 is 6.21. The van der Waals surface area contributed by atoms with Crippen molar-refractivity contribution in [1.29, 1.82) is 0 Å². The highest BCUT2D eigenvalue weighted by molar-refractivity contribution is 9.10. The molecule has 148 valence electrons. The standard InChI is InChI=1S/C17H19BrN6O2S2/c1-19-16-23-21-12(27-16)7-2-3-8-13-22-24-17(28-13)20-15(26)14(25)10-5-4-6-11(18)9-10/h4-6,9,14,25H,2-3,7-8H2,1H3,(H,19,23)(H,20,24,26). The van der Waals surface area contributed by atoms with Crippen LogP contribution in [0.3, 0.4) is 0 Å². The van der Waals surface area contributed by atoms with Gasteiger partial charge in [0.25, 0.3) is 5.91 Å². The van der Waals surface area contributed by atoms with Crippen LogP contribution in [0.15, 0.2) is 28.7 Å². The van der Waals surface area contributed by atoms with Gasteiger partial charge in [-0.2, -0.15) is 0 Å². The van der Waals surface area contributed by atoms with Gasteiger partial charge in [-0.3, -0.25) is 10.1 Å². The molecule has 0 fully saturated rings. The molecule has 3 aromatic rings. The molecule has 8 nitrogen and oxygen atoms in total. The van der Waals surface area contributed by atoms with Crippen molar-refractivity contribution in [3.63, 3.8) is 0 Å². The quantitative estimate of drug-likeness (QED) is 0.400. The zero-order valence-electron chi connectivity index (χ0n) is 15.1. The lowest BCUT2D eigenvalue weighted by Gasteiger charge is -2.10. The van der Waals surface area contributed by atoms with Crippen molar-refractivity contribution in [2.24, 2.45) is 0 Å². The van der Waals surface area contributed by atoms with Crippen LogP contribution in [0.1, 0.15) is 34.5 Å². The number of aromatic nitrogens is 4. The largest absolute Gasteiger partial charge is 0.378 e. The van der Waals surface area contributed by atoms with Gasteiger partial charge in [-0.1, -0.05) is 50.7 Å². The summed E-state index contributed by atoms with van der Waals surface area (Å²) in [6.07, 6.45) is 2.30. The molecule has 1 atom stereocenters. The second-order valence-electron chi connectivity index (χ2n) is 5.91. The van der Waals surface area contributed by atoms with E-state index in [9.17, 15) is 9.90 Å². The number of nitrogens with zero attached hydrogens (tertiary/aromatic N) is 4. The Morgan fingerprint density at radius 3 is 2.36 bits per heavy atom. The number of carbonyl (C=O) groups excluding carboxylic acids is 1. The van der Waals surface area contributed by atoms with Gasteiger partial charge in [0.05, 0.1) is 0 Å². The number of hydrogen-bond acceptors (Lipinski definition) is 9. The maximum atomic E-state index is 12.2. The van der Waals surface area contributed by atoms with Gasteiger partial charge in [-0.15, -0.1) is 20.4 Å². The Morgan fingerprint density at radius 1 is 1.11 bits per heavy atom. The van der Waals surface area contributed by atoms with Gasteiger partial charge in [0, 0.05) is 24.4 Å². The summed E-state index contributed by atoms with van der Waals surface area (Å²) in [6, 6.07) is 6.99. The Morgan fingerprint density at radius 2 is 1.75 bits per heavy atom. The summed E-state index contributed by atoms with van der Waals surface area (Å²) < 4.78 is 0.797. The zero-order chi connectivity index (χ0) is 19.9. The van der Waals surface area contributed by atoms with Crippen LogP contribution < -0.4 is 10.6 Å². The molecule has 2 aromatic heterocycles. The fourth-order valence-electron chi connectivity index (χ4n) is 2.42. The molecule has 0 saturated heterocycles. The Bertz CT molecular complexity index is 932. The van der Waals surface area contributed by atoms with Crippen molar-refractivity contribution in [2.75, 3.05) is 17.7 Å². The predicted molar refractivity (Wildman–Crippen MR) is 114 cm³/mol. The second-order valence-corrected chi connectivity index (χ2v) is 8.95. The Balaban J connectivity index is 1.45. The van der Waals surface area contributed by atoms with Gasteiger partial charge in [0.15, 0.2) is 6.10 Å². The predicted octanol–water partition coefficient (Wildman–Crippen LogP) is 3.43. The number of anilines is 2. The van der Waals surface area contributed by atoms with Crippen molar-refractivity contribution in [2.45, 2.75) is 31.8 Å². The number of amides is 1. The SMILES string of the molecule is CNc1nnc(CCCCc2nnc(NC(=O)C(O)c3cccc(Br)c3)s2)s1. The number of aliphatic hydroxyl groups excluding tert-OH is 1. The molecular weight excluding hydrogens is 464 g/mol. The fourth-order valence-corrected chi connectivity index (χ4v) is 4.35. The van der Waals surface area contributed by atoms with Crippen LogP contribution >= 0.6 is 38.6 Å². The average Bonchev–Trinajstić information content (AvgIpc) is 3.33. The van der Waals surface area contributed by atoms with Gasteiger partial charge < -0.3 is 10.4 Å². The molecule has 0 aliphatic heterocycles. The Labute approximate surface area is 178 Å².